The van der Waals surface area contributed by atoms with Crippen LogP contribution in [0.4, 0.5) is 0 Å². The number of benzene rings is 3. The van der Waals surface area contributed by atoms with E-state index >= 15 is 0 Å². The van der Waals surface area contributed by atoms with Gasteiger partial charge in [-0.2, -0.15) is 0 Å². The Balaban J connectivity index is 2.00. The molecule has 4 aromatic rings. The minimum atomic E-state index is -0.745. The maximum absolute atomic E-state index is 6.72. The normalized spacial score (nSPS) is 11.1. The minimum Gasteiger partial charge on any atom is -0.473 e. The SMILES string of the molecule is c1ccc(C(Oc2ccncc2)(c2ccccc2)c2ccccc2)cc1. The summed E-state index contributed by atoms with van der Waals surface area (Å²) in [7, 11) is 0. The second-order valence-electron chi connectivity index (χ2n) is 6.06. The van der Waals surface area contributed by atoms with Crippen molar-refractivity contribution in [3.05, 3.63) is 132 Å². The summed E-state index contributed by atoms with van der Waals surface area (Å²) in [6, 6.07) is 34.8. The van der Waals surface area contributed by atoms with E-state index < -0.39 is 5.60 Å². The number of ether oxygens (including phenoxy) is 1. The van der Waals surface area contributed by atoms with Crippen LogP contribution in [-0.4, -0.2) is 4.98 Å². The zero-order valence-electron chi connectivity index (χ0n) is 14.3. The van der Waals surface area contributed by atoms with Crippen molar-refractivity contribution >= 4 is 0 Å². The van der Waals surface area contributed by atoms with Crippen molar-refractivity contribution in [1.82, 2.24) is 4.98 Å². The van der Waals surface area contributed by atoms with Crippen LogP contribution >= 0.6 is 0 Å². The Morgan fingerprint density at radius 3 is 1.27 bits per heavy atom. The van der Waals surface area contributed by atoms with Gasteiger partial charge in [-0.15, -0.1) is 0 Å². The van der Waals surface area contributed by atoms with E-state index in [0.717, 1.165) is 22.4 Å². The van der Waals surface area contributed by atoms with Crippen LogP contribution in [0.1, 0.15) is 16.7 Å². The number of hydrogen-bond acceptors (Lipinski definition) is 2. The van der Waals surface area contributed by atoms with Crippen molar-refractivity contribution in [2.75, 3.05) is 0 Å². The molecule has 0 bridgehead atoms. The van der Waals surface area contributed by atoms with Crippen molar-refractivity contribution in [3.8, 4) is 5.75 Å². The van der Waals surface area contributed by atoms with Gasteiger partial charge in [0.05, 0.1) is 0 Å². The van der Waals surface area contributed by atoms with Gasteiger partial charge in [-0.25, -0.2) is 0 Å². The predicted octanol–water partition coefficient (Wildman–Crippen LogP) is 5.45. The number of pyridine rings is 1. The quantitative estimate of drug-likeness (QED) is 0.452. The molecule has 2 heteroatoms. The maximum atomic E-state index is 6.72. The van der Waals surface area contributed by atoms with E-state index in [4.69, 9.17) is 4.74 Å². The lowest BCUT2D eigenvalue weighted by Gasteiger charge is -2.36. The van der Waals surface area contributed by atoms with Crippen LogP contribution in [0.15, 0.2) is 116 Å². The monoisotopic (exact) mass is 337 g/mol. The van der Waals surface area contributed by atoms with Crippen molar-refractivity contribution in [2.24, 2.45) is 0 Å². The van der Waals surface area contributed by atoms with Crippen molar-refractivity contribution in [1.29, 1.82) is 0 Å². The molecule has 0 fully saturated rings. The fourth-order valence-corrected chi connectivity index (χ4v) is 3.28. The molecule has 0 spiro atoms. The van der Waals surface area contributed by atoms with Gasteiger partial charge in [-0.3, -0.25) is 4.98 Å². The summed E-state index contributed by atoms with van der Waals surface area (Å²) in [5.74, 6) is 0.775. The Bertz CT molecular complexity index is 842. The molecule has 0 aliphatic heterocycles. The van der Waals surface area contributed by atoms with Crippen LogP contribution in [0.5, 0.6) is 5.75 Å². The summed E-state index contributed by atoms with van der Waals surface area (Å²) in [6.45, 7) is 0. The Morgan fingerprint density at radius 1 is 0.500 bits per heavy atom. The Labute approximate surface area is 153 Å². The van der Waals surface area contributed by atoms with Gasteiger partial charge in [0.15, 0.2) is 5.60 Å². The van der Waals surface area contributed by atoms with Crippen LogP contribution in [0.3, 0.4) is 0 Å². The summed E-state index contributed by atoms with van der Waals surface area (Å²) in [6.07, 6.45) is 3.50. The second-order valence-corrected chi connectivity index (χ2v) is 6.06. The summed E-state index contributed by atoms with van der Waals surface area (Å²) in [5, 5.41) is 0. The van der Waals surface area contributed by atoms with E-state index in [1.54, 1.807) is 12.4 Å². The zero-order chi connectivity index (χ0) is 17.7. The van der Waals surface area contributed by atoms with Crippen molar-refractivity contribution < 1.29 is 4.74 Å². The molecule has 0 radical (unpaired) electrons. The van der Waals surface area contributed by atoms with Crippen LogP contribution in [0, 0.1) is 0 Å². The third kappa shape index (κ3) is 2.98. The third-order valence-electron chi connectivity index (χ3n) is 4.46. The average Bonchev–Trinajstić information content (AvgIpc) is 2.75. The highest BCUT2D eigenvalue weighted by molar-refractivity contribution is 5.48. The van der Waals surface area contributed by atoms with Gasteiger partial charge >= 0.3 is 0 Å². The van der Waals surface area contributed by atoms with Gasteiger partial charge in [-0.1, -0.05) is 91.0 Å². The summed E-state index contributed by atoms with van der Waals surface area (Å²) in [5.41, 5.74) is 2.49. The predicted molar refractivity (Wildman–Crippen MR) is 104 cm³/mol. The molecule has 0 aliphatic rings. The van der Waals surface area contributed by atoms with Gasteiger partial charge in [0.1, 0.15) is 5.75 Å². The molecule has 26 heavy (non-hydrogen) atoms. The molecular weight excluding hydrogens is 318 g/mol. The molecule has 0 atom stereocenters. The van der Waals surface area contributed by atoms with Gasteiger partial charge in [0, 0.05) is 29.1 Å². The molecule has 0 unspecified atom stereocenters. The Hall–Kier alpha value is -3.39. The fourth-order valence-electron chi connectivity index (χ4n) is 3.28. The zero-order valence-corrected chi connectivity index (χ0v) is 14.3. The Morgan fingerprint density at radius 2 is 0.885 bits per heavy atom. The fraction of sp³-hybridized carbons (Fsp3) is 0.0417. The van der Waals surface area contributed by atoms with E-state index in [0.29, 0.717) is 0 Å². The Kier molecular flexibility index (Phi) is 4.48. The van der Waals surface area contributed by atoms with Gasteiger partial charge < -0.3 is 4.74 Å². The lowest BCUT2D eigenvalue weighted by Crippen LogP contribution is -2.36. The molecule has 0 N–H and O–H groups in total. The van der Waals surface area contributed by atoms with Crippen LogP contribution in [0.2, 0.25) is 0 Å². The van der Waals surface area contributed by atoms with E-state index in [-0.39, 0.29) is 0 Å². The summed E-state index contributed by atoms with van der Waals surface area (Å²) >= 11 is 0. The van der Waals surface area contributed by atoms with Gasteiger partial charge in [0.2, 0.25) is 0 Å². The molecule has 126 valence electrons. The lowest BCUT2D eigenvalue weighted by atomic mass is 9.80. The maximum Gasteiger partial charge on any atom is 0.184 e. The first kappa shape index (κ1) is 16.1. The molecule has 0 aliphatic carbocycles. The highest BCUT2D eigenvalue weighted by Crippen LogP contribution is 2.40. The first-order valence-electron chi connectivity index (χ1n) is 8.65. The van der Waals surface area contributed by atoms with Crippen LogP contribution in [-0.2, 0) is 5.60 Å². The second kappa shape index (κ2) is 7.24. The molecule has 0 saturated carbocycles. The first-order chi connectivity index (χ1) is 12.9. The van der Waals surface area contributed by atoms with Crippen LogP contribution < -0.4 is 4.74 Å². The van der Waals surface area contributed by atoms with Gasteiger partial charge in [-0.05, 0) is 12.1 Å². The molecule has 0 amide bonds. The topological polar surface area (TPSA) is 22.1 Å². The number of aromatic nitrogens is 1. The lowest BCUT2D eigenvalue weighted by molar-refractivity contribution is 0.155. The number of rotatable bonds is 5. The van der Waals surface area contributed by atoms with E-state index in [1.807, 2.05) is 66.7 Å². The molecule has 0 saturated heterocycles. The minimum absolute atomic E-state index is 0.745. The average molecular weight is 337 g/mol. The summed E-state index contributed by atoms with van der Waals surface area (Å²) in [4.78, 5) is 4.11. The smallest absolute Gasteiger partial charge is 0.184 e. The number of hydrogen-bond donors (Lipinski definition) is 0. The summed E-state index contributed by atoms with van der Waals surface area (Å²) < 4.78 is 6.72. The molecule has 2 nitrogen and oxygen atoms in total. The highest BCUT2D eigenvalue weighted by Gasteiger charge is 2.38. The van der Waals surface area contributed by atoms with E-state index in [2.05, 4.69) is 41.4 Å². The van der Waals surface area contributed by atoms with Crippen molar-refractivity contribution in [2.45, 2.75) is 5.60 Å². The van der Waals surface area contributed by atoms with E-state index in [9.17, 15) is 0 Å². The molecule has 3 aromatic carbocycles. The molecule has 1 aromatic heterocycles. The number of nitrogens with zero attached hydrogens (tertiary/aromatic N) is 1. The van der Waals surface area contributed by atoms with E-state index in [1.165, 1.54) is 0 Å². The molecular formula is C24H19NO. The first-order valence-corrected chi connectivity index (χ1v) is 8.65. The third-order valence-corrected chi connectivity index (χ3v) is 4.46. The molecule has 4 rings (SSSR count). The highest BCUT2D eigenvalue weighted by atomic mass is 16.5. The largest absolute Gasteiger partial charge is 0.473 e. The molecule has 1 heterocycles. The van der Waals surface area contributed by atoms with Crippen molar-refractivity contribution in [3.63, 3.8) is 0 Å². The standard InChI is InChI=1S/C24H19NO/c1-4-10-20(11-5-1)24(21-12-6-2-7-13-21,22-14-8-3-9-15-22)26-23-16-18-25-19-17-23/h1-19H. The van der Waals surface area contributed by atoms with Crippen LogP contribution in [0.25, 0.3) is 0 Å². The van der Waals surface area contributed by atoms with Gasteiger partial charge in [0.25, 0.3) is 0 Å².